The summed E-state index contributed by atoms with van der Waals surface area (Å²) in [7, 11) is 0. The Morgan fingerprint density at radius 2 is 2.28 bits per heavy atom. The number of carbonyl (C=O) groups is 1. The largest absolute Gasteiger partial charge is 0.361 e. The van der Waals surface area contributed by atoms with Crippen molar-refractivity contribution >= 4 is 16.8 Å². The highest BCUT2D eigenvalue weighted by Gasteiger charge is 2.33. The van der Waals surface area contributed by atoms with Crippen LogP contribution in [0.3, 0.4) is 0 Å². The molecule has 0 bridgehead atoms. The smallest absolute Gasteiger partial charge is 0.227 e. The van der Waals surface area contributed by atoms with E-state index in [0.29, 0.717) is 18.1 Å². The van der Waals surface area contributed by atoms with E-state index in [1.165, 1.54) is 5.56 Å². The summed E-state index contributed by atoms with van der Waals surface area (Å²) >= 11 is 0. The fraction of sp³-hybridized carbons (Fsp3) is 0.421. The Bertz CT molecular complexity index is 911. The van der Waals surface area contributed by atoms with Crippen LogP contribution < -0.4 is 0 Å². The van der Waals surface area contributed by atoms with E-state index in [2.05, 4.69) is 40.2 Å². The Morgan fingerprint density at radius 3 is 3.04 bits per heavy atom. The number of fused-ring (bicyclic) bond motifs is 1. The number of aryl methyl sites for hydroxylation is 2. The van der Waals surface area contributed by atoms with Crippen molar-refractivity contribution in [3.05, 3.63) is 47.2 Å². The van der Waals surface area contributed by atoms with Crippen LogP contribution >= 0.6 is 0 Å². The van der Waals surface area contributed by atoms with Crippen LogP contribution in [0.1, 0.15) is 48.6 Å². The van der Waals surface area contributed by atoms with Gasteiger partial charge in [-0.2, -0.15) is 4.98 Å². The first-order valence-corrected chi connectivity index (χ1v) is 8.85. The SMILES string of the molecule is CCc1cccc2c(CC(=O)N3CCC[C@H]3c3noc(C)n3)c[nH]c12. The molecule has 0 radical (unpaired) electrons. The third-order valence-electron chi connectivity index (χ3n) is 5.02. The van der Waals surface area contributed by atoms with E-state index >= 15 is 0 Å². The molecule has 1 amide bonds. The zero-order chi connectivity index (χ0) is 17.4. The minimum Gasteiger partial charge on any atom is -0.361 e. The van der Waals surface area contributed by atoms with Crippen LogP contribution in [0.25, 0.3) is 10.9 Å². The maximum atomic E-state index is 12.9. The van der Waals surface area contributed by atoms with Crippen molar-refractivity contribution in [3.63, 3.8) is 0 Å². The van der Waals surface area contributed by atoms with Gasteiger partial charge < -0.3 is 14.4 Å². The number of aromatic amines is 1. The standard InChI is InChI=1S/C19H22N4O2/c1-3-13-6-4-7-15-14(11-20-18(13)15)10-17(24)23-9-5-8-16(23)19-21-12(2)25-22-19/h4,6-7,11,16,20H,3,5,8-10H2,1-2H3/t16-/m0/s1. The Labute approximate surface area is 146 Å². The molecule has 1 atom stereocenters. The first-order valence-electron chi connectivity index (χ1n) is 8.85. The number of amides is 1. The molecule has 130 valence electrons. The van der Waals surface area contributed by atoms with Crippen LogP contribution in [0.2, 0.25) is 0 Å². The van der Waals surface area contributed by atoms with Crippen molar-refractivity contribution < 1.29 is 9.32 Å². The summed E-state index contributed by atoms with van der Waals surface area (Å²) in [5.74, 6) is 1.28. The molecule has 0 spiro atoms. The van der Waals surface area contributed by atoms with Gasteiger partial charge in [0, 0.05) is 30.6 Å². The second-order valence-electron chi connectivity index (χ2n) is 6.60. The quantitative estimate of drug-likeness (QED) is 0.792. The van der Waals surface area contributed by atoms with Gasteiger partial charge in [0.05, 0.1) is 12.5 Å². The lowest BCUT2D eigenvalue weighted by molar-refractivity contribution is -0.131. The first-order chi connectivity index (χ1) is 12.2. The molecule has 1 aromatic carbocycles. The summed E-state index contributed by atoms with van der Waals surface area (Å²) < 4.78 is 5.09. The molecule has 1 saturated heterocycles. The number of rotatable bonds is 4. The van der Waals surface area contributed by atoms with Crippen LogP contribution in [-0.2, 0) is 17.6 Å². The number of nitrogens with zero attached hydrogens (tertiary/aromatic N) is 3. The molecule has 1 aliphatic rings. The molecule has 6 nitrogen and oxygen atoms in total. The number of aromatic nitrogens is 3. The monoisotopic (exact) mass is 338 g/mol. The molecule has 2 aromatic heterocycles. The van der Waals surface area contributed by atoms with Crippen molar-refractivity contribution in [2.45, 2.75) is 45.6 Å². The predicted molar refractivity (Wildman–Crippen MR) is 94.1 cm³/mol. The van der Waals surface area contributed by atoms with Crippen LogP contribution in [0.4, 0.5) is 0 Å². The lowest BCUT2D eigenvalue weighted by atomic mass is 10.0. The molecule has 0 aliphatic carbocycles. The number of H-pyrrole nitrogens is 1. The molecule has 3 aromatic rings. The second kappa shape index (κ2) is 6.35. The van der Waals surface area contributed by atoms with Crippen LogP contribution in [0, 0.1) is 6.92 Å². The number of nitrogens with one attached hydrogen (secondary N) is 1. The van der Waals surface area contributed by atoms with Crippen LogP contribution in [-0.4, -0.2) is 32.5 Å². The van der Waals surface area contributed by atoms with Gasteiger partial charge in [0.15, 0.2) is 5.82 Å². The van der Waals surface area contributed by atoms with Crippen LogP contribution in [0.5, 0.6) is 0 Å². The second-order valence-corrected chi connectivity index (χ2v) is 6.60. The number of para-hydroxylation sites is 1. The van der Waals surface area contributed by atoms with Gasteiger partial charge in [-0.1, -0.05) is 30.3 Å². The molecule has 0 unspecified atom stereocenters. The van der Waals surface area contributed by atoms with E-state index in [4.69, 9.17) is 4.52 Å². The summed E-state index contributed by atoms with van der Waals surface area (Å²) in [6, 6.07) is 6.20. The summed E-state index contributed by atoms with van der Waals surface area (Å²) in [5, 5.41) is 5.15. The number of carbonyl (C=O) groups excluding carboxylic acids is 1. The van der Waals surface area contributed by atoms with Crippen molar-refractivity contribution in [1.82, 2.24) is 20.0 Å². The summed E-state index contributed by atoms with van der Waals surface area (Å²) in [6.07, 6.45) is 5.18. The van der Waals surface area contributed by atoms with Crippen molar-refractivity contribution in [3.8, 4) is 0 Å². The third kappa shape index (κ3) is 2.81. The summed E-state index contributed by atoms with van der Waals surface area (Å²) in [4.78, 5) is 22.5. The highest BCUT2D eigenvalue weighted by molar-refractivity contribution is 5.90. The topological polar surface area (TPSA) is 75.0 Å². The highest BCUT2D eigenvalue weighted by Crippen LogP contribution is 2.31. The number of hydrogen-bond acceptors (Lipinski definition) is 4. The van der Waals surface area contributed by atoms with Gasteiger partial charge in [-0.25, -0.2) is 0 Å². The third-order valence-corrected chi connectivity index (χ3v) is 5.02. The molecule has 3 heterocycles. The van der Waals surface area contributed by atoms with E-state index in [0.717, 1.165) is 42.3 Å². The van der Waals surface area contributed by atoms with Gasteiger partial charge >= 0.3 is 0 Å². The zero-order valence-electron chi connectivity index (χ0n) is 14.6. The lowest BCUT2D eigenvalue weighted by Crippen LogP contribution is -2.32. The minimum absolute atomic E-state index is 0.0682. The molecular formula is C19H22N4O2. The van der Waals surface area contributed by atoms with E-state index in [1.807, 2.05) is 11.1 Å². The first kappa shape index (κ1) is 15.9. The summed E-state index contributed by atoms with van der Waals surface area (Å²) in [5.41, 5.74) is 3.46. The normalized spacial score (nSPS) is 17.5. The number of likely N-dealkylation sites (tertiary alicyclic amines) is 1. The van der Waals surface area contributed by atoms with E-state index in [1.54, 1.807) is 6.92 Å². The van der Waals surface area contributed by atoms with Gasteiger partial charge in [0.25, 0.3) is 0 Å². The molecule has 6 heteroatoms. The Hall–Kier alpha value is -2.63. The maximum Gasteiger partial charge on any atom is 0.227 e. The molecular weight excluding hydrogens is 316 g/mol. The number of benzene rings is 1. The molecule has 4 rings (SSSR count). The molecule has 1 aliphatic heterocycles. The van der Waals surface area contributed by atoms with Crippen LogP contribution in [0.15, 0.2) is 28.9 Å². The molecule has 0 saturated carbocycles. The fourth-order valence-corrected chi connectivity index (χ4v) is 3.76. The highest BCUT2D eigenvalue weighted by atomic mass is 16.5. The van der Waals surface area contributed by atoms with Gasteiger partial charge in [-0.05, 0) is 30.4 Å². The Morgan fingerprint density at radius 1 is 1.40 bits per heavy atom. The molecule has 1 N–H and O–H groups in total. The van der Waals surface area contributed by atoms with E-state index in [9.17, 15) is 4.79 Å². The van der Waals surface area contributed by atoms with E-state index < -0.39 is 0 Å². The van der Waals surface area contributed by atoms with Crippen molar-refractivity contribution in [2.75, 3.05) is 6.54 Å². The fourth-order valence-electron chi connectivity index (χ4n) is 3.76. The minimum atomic E-state index is -0.0682. The number of hydrogen-bond donors (Lipinski definition) is 1. The van der Waals surface area contributed by atoms with Crippen molar-refractivity contribution in [2.24, 2.45) is 0 Å². The van der Waals surface area contributed by atoms with E-state index in [-0.39, 0.29) is 11.9 Å². The lowest BCUT2D eigenvalue weighted by Gasteiger charge is -2.22. The average Bonchev–Trinajstić information content (AvgIpc) is 3.33. The average molecular weight is 338 g/mol. The molecule has 25 heavy (non-hydrogen) atoms. The van der Waals surface area contributed by atoms with Gasteiger partial charge in [-0.3, -0.25) is 4.79 Å². The Kier molecular flexibility index (Phi) is 4.03. The van der Waals surface area contributed by atoms with Gasteiger partial charge in [-0.15, -0.1) is 0 Å². The predicted octanol–water partition coefficient (Wildman–Crippen LogP) is 3.33. The maximum absolute atomic E-state index is 12.9. The van der Waals surface area contributed by atoms with Gasteiger partial charge in [0.2, 0.25) is 11.8 Å². The Balaban J connectivity index is 1.57. The summed E-state index contributed by atoms with van der Waals surface area (Å²) in [6.45, 7) is 4.66. The zero-order valence-corrected chi connectivity index (χ0v) is 14.6. The molecule has 1 fully saturated rings. The van der Waals surface area contributed by atoms with Gasteiger partial charge in [0.1, 0.15) is 0 Å². The van der Waals surface area contributed by atoms with Crippen molar-refractivity contribution in [1.29, 1.82) is 0 Å².